The van der Waals surface area contributed by atoms with Crippen LogP contribution in [0, 0.1) is 23.2 Å². The number of nitrogens with one attached hydrogen (secondary N) is 2. The number of aromatic nitrogens is 2. The van der Waals surface area contributed by atoms with Crippen LogP contribution in [-0.4, -0.2) is 43.2 Å². The molecule has 0 radical (unpaired) electrons. The summed E-state index contributed by atoms with van der Waals surface area (Å²) in [5.74, 6) is -0.297. The van der Waals surface area contributed by atoms with E-state index in [2.05, 4.69) is 22.2 Å². The zero-order valence-corrected chi connectivity index (χ0v) is 17.8. The van der Waals surface area contributed by atoms with Gasteiger partial charge in [0, 0.05) is 30.6 Å². The van der Waals surface area contributed by atoms with Gasteiger partial charge < -0.3 is 19.7 Å². The summed E-state index contributed by atoms with van der Waals surface area (Å²) in [6.07, 6.45) is 2.14. The molecule has 1 fully saturated rings. The van der Waals surface area contributed by atoms with E-state index in [-0.39, 0.29) is 16.9 Å². The summed E-state index contributed by atoms with van der Waals surface area (Å²) >= 11 is 0. The maximum atomic E-state index is 13.2. The molecule has 1 saturated heterocycles. The first-order valence-corrected chi connectivity index (χ1v) is 10.3. The minimum atomic E-state index is -1.10. The fourth-order valence-electron chi connectivity index (χ4n) is 4.44. The Balaban J connectivity index is 1.85. The van der Waals surface area contributed by atoms with Crippen LogP contribution in [0.15, 0.2) is 23.0 Å². The van der Waals surface area contributed by atoms with Crippen LogP contribution in [0.5, 0.6) is 11.5 Å². The second-order valence-electron chi connectivity index (χ2n) is 8.03. The molecular weight excluding hydrogens is 398 g/mol. The Morgan fingerprint density at radius 2 is 2.06 bits per heavy atom. The van der Waals surface area contributed by atoms with Crippen molar-refractivity contribution in [1.82, 2.24) is 9.97 Å². The number of aromatic amines is 1. The summed E-state index contributed by atoms with van der Waals surface area (Å²) in [7, 11) is 3.03. The van der Waals surface area contributed by atoms with Crippen molar-refractivity contribution in [3.8, 4) is 17.6 Å². The number of nitriles is 1. The average Bonchev–Trinajstić information content (AvgIpc) is 2.77. The highest BCUT2D eigenvalue weighted by atomic mass is 16.5. The third kappa shape index (κ3) is 3.69. The van der Waals surface area contributed by atoms with Gasteiger partial charge >= 0.3 is 0 Å². The van der Waals surface area contributed by atoms with Gasteiger partial charge in [-0.3, -0.25) is 14.6 Å². The maximum Gasteiger partial charge on any atom is 0.258 e. The molecule has 31 heavy (non-hydrogen) atoms. The van der Waals surface area contributed by atoms with Crippen molar-refractivity contribution in [2.75, 3.05) is 37.5 Å². The fraction of sp³-hybridized carbons (Fsp3) is 0.455. The zero-order chi connectivity index (χ0) is 22.1. The number of hydrogen-bond donors (Lipinski definition) is 2. The molecule has 3 unspecified atom stereocenters. The number of ether oxygens (including phenoxy) is 2. The third-order valence-corrected chi connectivity index (χ3v) is 5.98. The number of hydrogen-bond acceptors (Lipinski definition) is 7. The first-order valence-electron chi connectivity index (χ1n) is 10.3. The molecule has 2 aliphatic heterocycles. The summed E-state index contributed by atoms with van der Waals surface area (Å²) in [6, 6.07) is 7.14. The topological polar surface area (TPSA) is 120 Å². The minimum absolute atomic E-state index is 0.191. The molecule has 2 N–H and O–H groups in total. The molecule has 0 spiro atoms. The molecule has 4 rings (SSSR count). The molecule has 9 heteroatoms. The van der Waals surface area contributed by atoms with Gasteiger partial charge in [-0.25, -0.2) is 0 Å². The largest absolute Gasteiger partial charge is 0.497 e. The van der Waals surface area contributed by atoms with Gasteiger partial charge in [-0.1, -0.05) is 13.0 Å². The predicted octanol–water partition coefficient (Wildman–Crippen LogP) is 2.25. The smallest absolute Gasteiger partial charge is 0.258 e. The van der Waals surface area contributed by atoms with E-state index in [1.165, 1.54) is 14.2 Å². The van der Waals surface area contributed by atoms with E-state index in [0.717, 1.165) is 25.9 Å². The second-order valence-corrected chi connectivity index (χ2v) is 8.03. The second kappa shape index (κ2) is 8.30. The van der Waals surface area contributed by atoms with Gasteiger partial charge in [0.1, 0.15) is 23.2 Å². The van der Waals surface area contributed by atoms with E-state index in [1.54, 1.807) is 18.2 Å². The van der Waals surface area contributed by atoms with E-state index in [1.807, 2.05) is 11.0 Å². The van der Waals surface area contributed by atoms with Gasteiger partial charge in [-0.15, -0.1) is 0 Å². The summed E-state index contributed by atoms with van der Waals surface area (Å²) in [5, 5.41) is 12.4. The van der Waals surface area contributed by atoms with E-state index >= 15 is 0 Å². The summed E-state index contributed by atoms with van der Waals surface area (Å²) < 4.78 is 10.7. The predicted molar refractivity (Wildman–Crippen MR) is 115 cm³/mol. The molecule has 162 valence electrons. The van der Waals surface area contributed by atoms with E-state index in [9.17, 15) is 14.9 Å². The number of rotatable bonds is 4. The number of nitrogens with zero attached hydrogens (tertiary/aromatic N) is 3. The van der Waals surface area contributed by atoms with E-state index in [4.69, 9.17) is 9.47 Å². The molecule has 2 aromatic rings. The summed E-state index contributed by atoms with van der Waals surface area (Å²) in [6.45, 7) is 3.73. The number of carbonyl (C=O) groups is 1. The molecule has 0 saturated carbocycles. The highest BCUT2D eigenvalue weighted by Crippen LogP contribution is 2.42. The normalized spacial score (nSPS) is 22.8. The van der Waals surface area contributed by atoms with Crippen molar-refractivity contribution in [3.05, 3.63) is 39.7 Å². The van der Waals surface area contributed by atoms with Crippen molar-refractivity contribution in [2.24, 2.45) is 11.8 Å². The number of anilines is 2. The zero-order valence-electron chi connectivity index (χ0n) is 17.8. The number of fused-ring (bicyclic) bond motifs is 1. The number of H-pyrrole nitrogens is 1. The average molecular weight is 423 g/mol. The molecule has 0 aliphatic carbocycles. The monoisotopic (exact) mass is 423 g/mol. The summed E-state index contributed by atoms with van der Waals surface area (Å²) in [5.41, 5.74) is 0.433. The molecule has 1 aromatic carbocycles. The number of piperidine rings is 1. The van der Waals surface area contributed by atoms with Gasteiger partial charge in [0.05, 0.1) is 25.9 Å². The molecule has 1 amide bonds. The minimum Gasteiger partial charge on any atom is -0.497 e. The lowest BCUT2D eigenvalue weighted by atomic mass is 9.78. The van der Waals surface area contributed by atoms with Gasteiger partial charge in [0.2, 0.25) is 11.9 Å². The van der Waals surface area contributed by atoms with E-state index < -0.39 is 17.7 Å². The van der Waals surface area contributed by atoms with Crippen molar-refractivity contribution in [1.29, 1.82) is 5.26 Å². The van der Waals surface area contributed by atoms with Crippen molar-refractivity contribution < 1.29 is 14.3 Å². The number of methoxy groups -OCH3 is 2. The van der Waals surface area contributed by atoms with Crippen LogP contribution >= 0.6 is 0 Å². The highest BCUT2D eigenvalue weighted by molar-refractivity contribution is 5.98. The lowest BCUT2D eigenvalue weighted by Gasteiger charge is -2.33. The first-order chi connectivity index (χ1) is 15.0. The quantitative estimate of drug-likeness (QED) is 0.774. The highest BCUT2D eigenvalue weighted by Gasteiger charge is 2.41. The molecular formula is C22H25N5O4. The Kier molecular flexibility index (Phi) is 5.55. The van der Waals surface area contributed by atoms with Crippen LogP contribution < -0.4 is 25.2 Å². The SMILES string of the molecule is COc1ccc(C2c3c(nc(N4CCCC(C)C4)[nH]c3=O)NC(=O)C2C#N)c(OC)c1. The summed E-state index contributed by atoms with van der Waals surface area (Å²) in [4.78, 5) is 35.5. The maximum absolute atomic E-state index is 13.2. The number of amides is 1. The number of benzene rings is 1. The van der Waals surface area contributed by atoms with Crippen molar-refractivity contribution >= 4 is 17.7 Å². The standard InChI is InChI=1S/C22H25N5O4/c1-12-5-4-8-27(11-12)22-25-19-18(21(29)26-22)17(15(10-23)20(28)24-19)14-7-6-13(30-2)9-16(14)31-3/h6-7,9,12,15,17H,4-5,8,11H2,1-3H3,(H2,24,25,26,28,29). The van der Waals surface area contributed by atoms with Crippen molar-refractivity contribution in [3.63, 3.8) is 0 Å². The van der Waals surface area contributed by atoms with E-state index in [0.29, 0.717) is 28.9 Å². The van der Waals surface area contributed by atoms with Crippen LogP contribution in [0.4, 0.5) is 11.8 Å². The first kappa shape index (κ1) is 20.7. The van der Waals surface area contributed by atoms with Gasteiger partial charge in [-0.2, -0.15) is 10.2 Å². The van der Waals surface area contributed by atoms with Crippen LogP contribution in [-0.2, 0) is 4.79 Å². The molecule has 3 heterocycles. The fourth-order valence-corrected chi connectivity index (χ4v) is 4.44. The molecule has 0 bridgehead atoms. The van der Waals surface area contributed by atoms with Crippen LogP contribution in [0.1, 0.15) is 36.8 Å². The third-order valence-electron chi connectivity index (χ3n) is 5.98. The van der Waals surface area contributed by atoms with Crippen molar-refractivity contribution in [2.45, 2.75) is 25.7 Å². The molecule has 3 atom stereocenters. The Hall–Kier alpha value is -3.54. The van der Waals surface area contributed by atoms with Crippen LogP contribution in [0.25, 0.3) is 0 Å². The molecule has 9 nitrogen and oxygen atoms in total. The van der Waals surface area contributed by atoms with Crippen LogP contribution in [0.2, 0.25) is 0 Å². The van der Waals surface area contributed by atoms with Gasteiger partial charge in [0.15, 0.2) is 0 Å². The lowest BCUT2D eigenvalue weighted by molar-refractivity contribution is -0.119. The van der Waals surface area contributed by atoms with Crippen LogP contribution in [0.3, 0.4) is 0 Å². The van der Waals surface area contributed by atoms with Gasteiger partial charge in [0.25, 0.3) is 5.56 Å². The number of carbonyl (C=O) groups excluding carboxylic acids is 1. The lowest BCUT2D eigenvalue weighted by Crippen LogP contribution is -2.41. The Morgan fingerprint density at radius 3 is 2.74 bits per heavy atom. The Morgan fingerprint density at radius 1 is 1.26 bits per heavy atom. The Bertz CT molecular complexity index is 1110. The molecule has 2 aliphatic rings. The van der Waals surface area contributed by atoms with Gasteiger partial charge in [-0.05, 0) is 24.8 Å². The Labute approximate surface area is 180 Å². The molecule has 1 aromatic heterocycles.